The number of rotatable bonds is 10. The minimum absolute atomic E-state index is 0.0179. The van der Waals surface area contributed by atoms with Crippen LogP contribution in [0, 0.1) is 5.41 Å². The Labute approximate surface area is 156 Å². The Morgan fingerprint density at radius 3 is 2.96 bits per heavy atom. The third kappa shape index (κ3) is 6.04. The molecule has 0 aliphatic carbocycles. The van der Waals surface area contributed by atoms with Crippen molar-refractivity contribution >= 4 is 5.96 Å². The van der Waals surface area contributed by atoms with Gasteiger partial charge in [-0.05, 0) is 25.8 Å². The largest absolute Gasteiger partial charge is 0.489 e. The van der Waals surface area contributed by atoms with Crippen LogP contribution >= 0.6 is 0 Å². The molecule has 0 bridgehead atoms. The van der Waals surface area contributed by atoms with E-state index in [1.165, 1.54) is 0 Å². The summed E-state index contributed by atoms with van der Waals surface area (Å²) in [5, 5.41) is 16.1. The zero-order valence-electron chi connectivity index (χ0n) is 15.7. The Bertz CT molecular complexity index is 583. The predicted octanol–water partition coefficient (Wildman–Crippen LogP) is 2.10. The standard InChI is InChI=1S/C20H31N3O3/c1-3-12-26-18-8-6-5-7-17(18)14-22-19(21-4-2)23-15-20(9-11-24)10-13-25-16-20/h3,5-8,24H,1,4,9-16H2,2H3,(H2,21,22,23). The molecule has 1 heterocycles. The monoisotopic (exact) mass is 361 g/mol. The quantitative estimate of drug-likeness (QED) is 0.338. The number of aliphatic imine (C=N–C) groups is 1. The average molecular weight is 361 g/mol. The second-order valence-corrected chi connectivity index (χ2v) is 6.53. The lowest BCUT2D eigenvalue weighted by Crippen LogP contribution is -2.44. The van der Waals surface area contributed by atoms with Crippen molar-refractivity contribution in [3.8, 4) is 5.75 Å². The molecular formula is C20H31N3O3. The Balaban J connectivity index is 2.01. The summed E-state index contributed by atoms with van der Waals surface area (Å²) in [7, 11) is 0. The first-order valence-electron chi connectivity index (χ1n) is 9.25. The summed E-state index contributed by atoms with van der Waals surface area (Å²) in [6.45, 7) is 9.84. The number of hydrogen-bond donors (Lipinski definition) is 3. The molecule has 1 atom stereocenters. The number of guanidine groups is 1. The molecule has 144 valence electrons. The molecule has 3 N–H and O–H groups in total. The number of aliphatic hydroxyl groups is 1. The zero-order chi connectivity index (χ0) is 18.7. The molecule has 6 nitrogen and oxygen atoms in total. The van der Waals surface area contributed by atoms with Crippen molar-refractivity contribution in [1.82, 2.24) is 10.6 Å². The molecule has 0 amide bonds. The molecule has 0 radical (unpaired) electrons. The fourth-order valence-corrected chi connectivity index (χ4v) is 3.01. The smallest absolute Gasteiger partial charge is 0.191 e. The minimum atomic E-state index is -0.0179. The van der Waals surface area contributed by atoms with Gasteiger partial charge in [0.2, 0.25) is 0 Å². The van der Waals surface area contributed by atoms with Gasteiger partial charge in [0, 0.05) is 37.3 Å². The number of aliphatic hydroxyl groups excluding tert-OH is 1. The van der Waals surface area contributed by atoms with Gasteiger partial charge in [0.1, 0.15) is 12.4 Å². The van der Waals surface area contributed by atoms with Gasteiger partial charge >= 0.3 is 0 Å². The third-order valence-electron chi connectivity index (χ3n) is 4.54. The number of para-hydroxylation sites is 1. The number of hydrogen-bond acceptors (Lipinski definition) is 4. The highest BCUT2D eigenvalue weighted by atomic mass is 16.5. The molecule has 0 aromatic heterocycles. The molecule has 0 saturated carbocycles. The normalized spacial score (nSPS) is 20.0. The third-order valence-corrected chi connectivity index (χ3v) is 4.54. The van der Waals surface area contributed by atoms with Crippen molar-refractivity contribution in [3.63, 3.8) is 0 Å². The Kier molecular flexibility index (Phi) is 8.44. The number of nitrogens with zero attached hydrogens (tertiary/aromatic N) is 1. The molecule has 1 aliphatic heterocycles. The van der Waals surface area contributed by atoms with Crippen LogP contribution in [0.25, 0.3) is 0 Å². The second kappa shape index (κ2) is 10.8. The van der Waals surface area contributed by atoms with E-state index in [9.17, 15) is 5.11 Å². The summed E-state index contributed by atoms with van der Waals surface area (Å²) in [5.41, 5.74) is 1.01. The molecule has 1 fully saturated rings. The number of benzene rings is 1. The van der Waals surface area contributed by atoms with Crippen molar-refractivity contribution in [2.45, 2.75) is 26.3 Å². The van der Waals surface area contributed by atoms with Crippen molar-refractivity contribution < 1.29 is 14.6 Å². The van der Waals surface area contributed by atoms with Crippen LogP contribution in [0.4, 0.5) is 0 Å². The van der Waals surface area contributed by atoms with E-state index < -0.39 is 0 Å². The first kappa shape index (κ1) is 20.3. The van der Waals surface area contributed by atoms with Gasteiger partial charge in [-0.1, -0.05) is 30.9 Å². The van der Waals surface area contributed by atoms with Crippen molar-refractivity contribution in [2.24, 2.45) is 10.4 Å². The molecular weight excluding hydrogens is 330 g/mol. The van der Waals surface area contributed by atoms with Gasteiger partial charge in [-0.25, -0.2) is 4.99 Å². The molecule has 2 rings (SSSR count). The topological polar surface area (TPSA) is 75.1 Å². The molecule has 1 aromatic carbocycles. The first-order valence-corrected chi connectivity index (χ1v) is 9.25. The maximum atomic E-state index is 9.36. The van der Waals surface area contributed by atoms with Crippen LogP contribution in [0.5, 0.6) is 5.75 Å². The summed E-state index contributed by atoms with van der Waals surface area (Å²) < 4.78 is 11.2. The van der Waals surface area contributed by atoms with Crippen LogP contribution < -0.4 is 15.4 Å². The van der Waals surface area contributed by atoms with Crippen molar-refractivity contribution in [2.75, 3.05) is 39.5 Å². The fourth-order valence-electron chi connectivity index (χ4n) is 3.01. The lowest BCUT2D eigenvalue weighted by atomic mass is 9.84. The SMILES string of the molecule is C=CCOc1ccccc1CN=C(NCC)NCC1(CCO)CCOC1. The highest BCUT2D eigenvalue weighted by Gasteiger charge is 2.34. The van der Waals surface area contributed by atoms with Gasteiger partial charge in [0.05, 0.1) is 13.2 Å². The van der Waals surface area contributed by atoms with E-state index in [-0.39, 0.29) is 12.0 Å². The highest BCUT2D eigenvalue weighted by molar-refractivity contribution is 5.79. The molecule has 1 saturated heterocycles. The lowest BCUT2D eigenvalue weighted by Gasteiger charge is -2.27. The first-order chi connectivity index (χ1) is 12.7. The Hall–Kier alpha value is -2.05. The van der Waals surface area contributed by atoms with Gasteiger partial charge in [0.25, 0.3) is 0 Å². The average Bonchev–Trinajstić information content (AvgIpc) is 3.12. The molecule has 26 heavy (non-hydrogen) atoms. The number of ether oxygens (including phenoxy) is 2. The predicted molar refractivity (Wildman–Crippen MR) is 105 cm³/mol. The maximum Gasteiger partial charge on any atom is 0.191 e. The molecule has 1 aliphatic rings. The van der Waals surface area contributed by atoms with Gasteiger partial charge in [-0.15, -0.1) is 0 Å². The van der Waals surface area contributed by atoms with Crippen LogP contribution in [0.2, 0.25) is 0 Å². The molecule has 1 unspecified atom stereocenters. The highest BCUT2D eigenvalue weighted by Crippen LogP contribution is 2.31. The van der Waals surface area contributed by atoms with Crippen LogP contribution in [0.1, 0.15) is 25.3 Å². The van der Waals surface area contributed by atoms with Crippen molar-refractivity contribution in [3.05, 3.63) is 42.5 Å². The fraction of sp³-hybridized carbons (Fsp3) is 0.550. The molecule has 6 heteroatoms. The minimum Gasteiger partial charge on any atom is -0.489 e. The molecule has 0 spiro atoms. The zero-order valence-corrected chi connectivity index (χ0v) is 15.7. The summed E-state index contributed by atoms with van der Waals surface area (Å²) in [6, 6.07) is 7.90. The van der Waals surface area contributed by atoms with E-state index in [0.29, 0.717) is 19.8 Å². The van der Waals surface area contributed by atoms with Gasteiger partial charge in [-0.3, -0.25) is 0 Å². The Morgan fingerprint density at radius 2 is 2.27 bits per heavy atom. The molecule has 1 aromatic rings. The summed E-state index contributed by atoms with van der Waals surface area (Å²) >= 11 is 0. The number of nitrogens with one attached hydrogen (secondary N) is 2. The maximum absolute atomic E-state index is 9.36. The van der Waals surface area contributed by atoms with Crippen LogP contribution in [0.15, 0.2) is 41.9 Å². The lowest BCUT2D eigenvalue weighted by molar-refractivity contribution is 0.127. The van der Waals surface area contributed by atoms with E-state index in [0.717, 1.165) is 49.8 Å². The van der Waals surface area contributed by atoms with E-state index >= 15 is 0 Å². The van der Waals surface area contributed by atoms with Crippen LogP contribution in [-0.2, 0) is 11.3 Å². The summed E-state index contributed by atoms with van der Waals surface area (Å²) in [6.07, 6.45) is 3.42. The summed E-state index contributed by atoms with van der Waals surface area (Å²) in [4.78, 5) is 4.69. The van der Waals surface area contributed by atoms with E-state index in [1.54, 1.807) is 6.08 Å². The van der Waals surface area contributed by atoms with Gasteiger partial charge in [-0.2, -0.15) is 0 Å². The van der Waals surface area contributed by atoms with E-state index in [2.05, 4.69) is 22.2 Å². The van der Waals surface area contributed by atoms with Gasteiger partial charge < -0.3 is 25.2 Å². The van der Waals surface area contributed by atoms with Gasteiger partial charge in [0.15, 0.2) is 5.96 Å². The second-order valence-electron chi connectivity index (χ2n) is 6.53. The summed E-state index contributed by atoms with van der Waals surface area (Å²) in [5.74, 6) is 1.59. The van der Waals surface area contributed by atoms with E-state index in [1.807, 2.05) is 31.2 Å². The Morgan fingerprint density at radius 1 is 1.42 bits per heavy atom. The van der Waals surface area contributed by atoms with Crippen LogP contribution in [-0.4, -0.2) is 50.6 Å². The van der Waals surface area contributed by atoms with Crippen LogP contribution in [0.3, 0.4) is 0 Å². The van der Waals surface area contributed by atoms with Crippen molar-refractivity contribution in [1.29, 1.82) is 0 Å². The van der Waals surface area contributed by atoms with E-state index in [4.69, 9.17) is 9.47 Å².